The van der Waals surface area contributed by atoms with Crippen molar-refractivity contribution in [3.63, 3.8) is 0 Å². The maximum Gasteiger partial charge on any atom is 0.305 e. The number of carboxylic acids is 1. The van der Waals surface area contributed by atoms with E-state index < -0.39 is 11.9 Å². The minimum atomic E-state index is -0.915. The summed E-state index contributed by atoms with van der Waals surface area (Å²) in [5.41, 5.74) is 0.290. The van der Waals surface area contributed by atoms with Gasteiger partial charge in [-0.1, -0.05) is 0 Å². The summed E-state index contributed by atoms with van der Waals surface area (Å²) in [5, 5.41) is 8.87. The van der Waals surface area contributed by atoms with E-state index in [1.165, 1.54) is 12.3 Å². The summed E-state index contributed by atoms with van der Waals surface area (Å²) in [6.45, 7) is 0.536. The number of likely N-dealkylation sites (tertiary alicyclic amines) is 1. The summed E-state index contributed by atoms with van der Waals surface area (Å²) in [6.07, 6.45) is 3.59. The van der Waals surface area contributed by atoms with Gasteiger partial charge in [0.05, 0.1) is 12.0 Å². The van der Waals surface area contributed by atoms with Gasteiger partial charge in [-0.15, -0.1) is 0 Å². The van der Waals surface area contributed by atoms with Crippen LogP contribution in [0.1, 0.15) is 36.0 Å². The molecule has 1 amide bonds. The largest absolute Gasteiger partial charge is 0.481 e. The molecule has 1 fully saturated rings. The van der Waals surface area contributed by atoms with Crippen LogP contribution in [-0.4, -0.2) is 39.5 Å². The average Bonchev–Trinajstić information content (AvgIpc) is 2.39. The number of aliphatic carboxylic acids is 1. The zero-order chi connectivity index (χ0) is 13.8. The van der Waals surface area contributed by atoms with Crippen LogP contribution in [0.3, 0.4) is 0 Å². The molecule has 5 nitrogen and oxygen atoms in total. The molecule has 6 heteroatoms. The highest BCUT2D eigenvalue weighted by atomic mass is 19.1. The first-order valence-corrected chi connectivity index (χ1v) is 6.22. The number of nitrogens with zero attached hydrogens (tertiary/aromatic N) is 2. The van der Waals surface area contributed by atoms with Crippen molar-refractivity contribution in [2.75, 3.05) is 6.54 Å². The molecule has 0 spiro atoms. The molecule has 102 valence electrons. The molecular formula is C13H15FN2O3. The third-order valence-electron chi connectivity index (χ3n) is 3.27. The molecule has 0 aliphatic carbocycles. The van der Waals surface area contributed by atoms with Gasteiger partial charge in [0.1, 0.15) is 0 Å². The fourth-order valence-corrected chi connectivity index (χ4v) is 2.35. The van der Waals surface area contributed by atoms with Crippen molar-refractivity contribution in [1.29, 1.82) is 0 Å². The first-order chi connectivity index (χ1) is 9.08. The third-order valence-corrected chi connectivity index (χ3v) is 3.27. The molecule has 2 rings (SSSR count). The number of piperidine rings is 1. The van der Waals surface area contributed by atoms with Gasteiger partial charge in [0.2, 0.25) is 5.95 Å². The van der Waals surface area contributed by atoms with E-state index in [4.69, 9.17) is 5.11 Å². The monoisotopic (exact) mass is 266 g/mol. The van der Waals surface area contributed by atoms with Gasteiger partial charge in [-0.2, -0.15) is 4.39 Å². The summed E-state index contributed by atoms with van der Waals surface area (Å²) in [5.74, 6) is -1.84. The highest BCUT2D eigenvalue weighted by Gasteiger charge is 2.29. The van der Waals surface area contributed by atoms with Crippen LogP contribution in [0, 0.1) is 5.95 Å². The second-order valence-corrected chi connectivity index (χ2v) is 4.62. The number of rotatable bonds is 3. The van der Waals surface area contributed by atoms with E-state index in [0.717, 1.165) is 18.9 Å². The summed E-state index contributed by atoms with van der Waals surface area (Å²) >= 11 is 0. The van der Waals surface area contributed by atoms with E-state index >= 15 is 0 Å². The van der Waals surface area contributed by atoms with Crippen LogP contribution in [0.5, 0.6) is 0 Å². The van der Waals surface area contributed by atoms with Crippen LogP contribution in [0.25, 0.3) is 0 Å². The zero-order valence-corrected chi connectivity index (χ0v) is 10.4. The number of hydrogen-bond acceptors (Lipinski definition) is 3. The Kier molecular flexibility index (Phi) is 4.09. The van der Waals surface area contributed by atoms with Crippen molar-refractivity contribution in [2.45, 2.75) is 31.7 Å². The molecule has 1 atom stereocenters. The lowest BCUT2D eigenvalue weighted by Gasteiger charge is -2.35. The van der Waals surface area contributed by atoms with Crippen LogP contribution in [-0.2, 0) is 4.79 Å². The lowest BCUT2D eigenvalue weighted by atomic mass is 9.98. The van der Waals surface area contributed by atoms with Gasteiger partial charge < -0.3 is 10.0 Å². The maximum atomic E-state index is 12.7. The molecule has 1 aromatic heterocycles. The Morgan fingerprint density at radius 3 is 2.84 bits per heavy atom. The molecule has 0 bridgehead atoms. The van der Waals surface area contributed by atoms with Gasteiger partial charge in [0.15, 0.2) is 0 Å². The minimum absolute atomic E-state index is 0.0552. The molecule has 1 aliphatic rings. The molecule has 2 heterocycles. The van der Waals surface area contributed by atoms with E-state index in [1.54, 1.807) is 4.90 Å². The van der Waals surface area contributed by atoms with Gasteiger partial charge >= 0.3 is 5.97 Å². The van der Waals surface area contributed by atoms with Crippen LogP contribution >= 0.6 is 0 Å². The molecule has 19 heavy (non-hydrogen) atoms. The maximum absolute atomic E-state index is 12.7. The van der Waals surface area contributed by atoms with Crippen LogP contribution < -0.4 is 0 Å². The van der Waals surface area contributed by atoms with Gasteiger partial charge in [-0.25, -0.2) is 4.98 Å². The first-order valence-electron chi connectivity index (χ1n) is 6.22. The number of halogens is 1. The van der Waals surface area contributed by atoms with Crippen molar-refractivity contribution in [3.8, 4) is 0 Å². The van der Waals surface area contributed by atoms with E-state index in [2.05, 4.69) is 4.98 Å². The molecule has 1 saturated heterocycles. The second kappa shape index (κ2) is 5.77. The summed E-state index contributed by atoms with van der Waals surface area (Å²) in [6, 6.07) is 2.21. The number of hydrogen-bond donors (Lipinski definition) is 1. The van der Waals surface area contributed by atoms with Crippen LogP contribution in [0.15, 0.2) is 18.3 Å². The molecule has 0 radical (unpaired) electrons. The fourth-order valence-electron chi connectivity index (χ4n) is 2.35. The van der Waals surface area contributed by atoms with E-state index in [-0.39, 0.29) is 18.4 Å². The Morgan fingerprint density at radius 1 is 1.42 bits per heavy atom. The lowest BCUT2D eigenvalue weighted by Crippen LogP contribution is -2.44. The number of carbonyl (C=O) groups is 2. The topological polar surface area (TPSA) is 70.5 Å². The van der Waals surface area contributed by atoms with Crippen molar-refractivity contribution in [1.82, 2.24) is 9.88 Å². The van der Waals surface area contributed by atoms with Crippen molar-refractivity contribution in [3.05, 3.63) is 29.8 Å². The molecule has 1 N–H and O–H groups in total. The fraction of sp³-hybridized carbons (Fsp3) is 0.462. The van der Waals surface area contributed by atoms with Crippen LogP contribution in [0.4, 0.5) is 4.39 Å². The van der Waals surface area contributed by atoms with Crippen molar-refractivity contribution >= 4 is 11.9 Å². The molecule has 1 aromatic rings. The molecule has 0 aromatic carbocycles. The predicted octanol–water partition coefficient (Wildman–Crippen LogP) is 1.69. The highest BCUT2D eigenvalue weighted by molar-refractivity contribution is 5.94. The summed E-state index contributed by atoms with van der Waals surface area (Å²) < 4.78 is 12.7. The number of amides is 1. The van der Waals surface area contributed by atoms with Crippen molar-refractivity contribution in [2.24, 2.45) is 0 Å². The molecule has 1 aliphatic heterocycles. The van der Waals surface area contributed by atoms with Gasteiger partial charge in [-0.05, 0) is 31.4 Å². The Morgan fingerprint density at radius 2 is 2.21 bits per heavy atom. The molecule has 0 saturated carbocycles. The standard InChI is InChI=1S/C13H15FN2O3/c14-11-5-4-9(8-15-11)13(19)16-6-2-1-3-10(16)7-12(17)18/h4-5,8,10H,1-3,6-7H2,(H,17,18). The van der Waals surface area contributed by atoms with Crippen molar-refractivity contribution < 1.29 is 19.1 Å². The summed E-state index contributed by atoms with van der Waals surface area (Å²) in [7, 11) is 0. The minimum Gasteiger partial charge on any atom is -0.481 e. The zero-order valence-electron chi connectivity index (χ0n) is 10.4. The number of carbonyl (C=O) groups excluding carboxylic acids is 1. The SMILES string of the molecule is O=C(O)CC1CCCCN1C(=O)c1ccc(F)nc1. The Balaban J connectivity index is 2.15. The number of aromatic nitrogens is 1. The molecule has 1 unspecified atom stereocenters. The van der Waals surface area contributed by atoms with E-state index in [1.807, 2.05) is 0 Å². The average molecular weight is 266 g/mol. The highest BCUT2D eigenvalue weighted by Crippen LogP contribution is 2.21. The van der Waals surface area contributed by atoms with Gasteiger partial charge in [-0.3, -0.25) is 9.59 Å². The Bertz CT molecular complexity index is 475. The second-order valence-electron chi connectivity index (χ2n) is 4.62. The van der Waals surface area contributed by atoms with E-state index in [0.29, 0.717) is 18.5 Å². The lowest BCUT2D eigenvalue weighted by molar-refractivity contribution is -0.138. The number of pyridine rings is 1. The van der Waals surface area contributed by atoms with Gasteiger partial charge in [0, 0.05) is 18.8 Å². The predicted molar refractivity (Wildman–Crippen MR) is 65.1 cm³/mol. The molecular weight excluding hydrogens is 251 g/mol. The Hall–Kier alpha value is -1.98. The Labute approximate surface area is 110 Å². The quantitative estimate of drug-likeness (QED) is 0.845. The van der Waals surface area contributed by atoms with E-state index in [9.17, 15) is 14.0 Å². The first kappa shape index (κ1) is 13.5. The summed E-state index contributed by atoms with van der Waals surface area (Å²) in [4.78, 5) is 28.1. The number of carboxylic acid groups (broad SMARTS) is 1. The van der Waals surface area contributed by atoms with Crippen LogP contribution in [0.2, 0.25) is 0 Å². The normalized spacial score (nSPS) is 19.2. The van der Waals surface area contributed by atoms with Gasteiger partial charge in [0.25, 0.3) is 5.91 Å². The smallest absolute Gasteiger partial charge is 0.305 e. The third kappa shape index (κ3) is 3.27.